The smallest absolute Gasteiger partial charge is 0.129 e. The van der Waals surface area contributed by atoms with Crippen LogP contribution in [-0.4, -0.2) is 17.0 Å². The van der Waals surface area contributed by atoms with E-state index in [0.717, 1.165) is 44.8 Å². The van der Waals surface area contributed by atoms with Crippen LogP contribution in [0.25, 0.3) is 0 Å². The molecule has 0 amide bonds. The molecule has 16 heavy (non-hydrogen) atoms. The molecule has 0 fully saturated rings. The van der Waals surface area contributed by atoms with Crippen molar-refractivity contribution in [3.05, 3.63) is 0 Å². The monoisotopic (exact) mass is 228 g/mol. The summed E-state index contributed by atoms with van der Waals surface area (Å²) in [6.45, 7) is 8.18. The molecule has 2 nitrogen and oxygen atoms in total. The van der Waals surface area contributed by atoms with Crippen molar-refractivity contribution in [3.8, 4) is 0 Å². The lowest BCUT2D eigenvalue weighted by Gasteiger charge is -2.43. The second-order valence-electron chi connectivity index (χ2n) is 4.87. The molecule has 0 aliphatic heterocycles. The molecule has 0 aromatic heterocycles. The van der Waals surface area contributed by atoms with Gasteiger partial charge >= 0.3 is 0 Å². The average Bonchev–Trinajstić information content (AvgIpc) is 2.31. The topological polar surface area (TPSA) is 37.3 Å². The minimum absolute atomic E-state index is 0.534. The van der Waals surface area contributed by atoms with E-state index in [1.165, 1.54) is 0 Å². The Morgan fingerprint density at radius 2 is 1.62 bits per heavy atom. The zero-order chi connectivity index (χ0) is 12.7. The highest BCUT2D eigenvalue weighted by Gasteiger charge is 2.46. The van der Waals surface area contributed by atoms with Crippen molar-refractivity contribution in [1.29, 1.82) is 0 Å². The molecule has 0 spiro atoms. The highest BCUT2D eigenvalue weighted by atomic mass is 16.3. The third kappa shape index (κ3) is 3.07. The molecule has 0 radical (unpaired) electrons. The van der Waals surface area contributed by atoms with Crippen LogP contribution in [0.3, 0.4) is 0 Å². The van der Waals surface area contributed by atoms with E-state index >= 15 is 0 Å². The van der Waals surface area contributed by atoms with Crippen LogP contribution in [-0.2, 0) is 4.79 Å². The SMILES string of the molecule is CCCCC(C=O)(CC)C(O)(CC)CCC. The second kappa shape index (κ2) is 7.05. The molecule has 0 saturated carbocycles. The van der Waals surface area contributed by atoms with Crippen LogP contribution < -0.4 is 0 Å². The van der Waals surface area contributed by atoms with Crippen molar-refractivity contribution >= 4 is 6.29 Å². The van der Waals surface area contributed by atoms with Gasteiger partial charge in [0.2, 0.25) is 0 Å². The fourth-order valence-corrected chi connectivity index (χ4v) is 2.67. The molecule has 1 N–H and O–H groups in total. The lowest BCUT2D eigenvalue weighted by Crippen LogP contribution is -2.49. The lowest BCUT2D eigenvalue weighted by molar-refractivity contribution is -0.141. The maximum Gasteiger partial charge on any atom is 0.129 e. The largest absolute Gasteiger partial charge is 0.389 e. The first-order valence-electron chi connectivity index (χ1n) is 6.74. The normalized spacial score (nSPS) is 18.8. The Hall–Kier alpha value is -0.370. The summed E-state index contributed by atoms with van der Waals surface area (Å²) in [4.78, 5) is 11.5. The van der Waals surface area contributed by atoms with Gasteiger partial charge in [0.15, 0.2) is 0 Å². The van der Waals surface area contributed by atoms with Crippen LogP contribution in [0.1, 0.15) is 72.6 Å². The predicted molar refractivity (Wildman–Crippen MR) is 68.5 cm³/mol. The summed E-state index contributed by atoms with van der Waals surface area (Å²) in [7, 11) is 0. The molecular weight excluding hydrogens is 200 g/mol. The van der Waals surface area contributed by atoms with Gasteiger partial charge in [-0.05, 0) is 25.7 Å². The molecule has 0 rings (SSSR count). The summed E-state index contributed by atoms with van der Waals surface area (Å²) in [5, 5.41) is 10.7. The standard InChI is InChI=1S/C14H28O2/c1-5-9-11-13(7-3,12-15)14(16,8-4)10-6-2/h12,16H,5-11H2,1-4H3. The molecule has 0 heterocycles. The van der Waals surface area contributed by atoms with Gasteiger partial charge in [0.05, 0.1) is 11.0 Å². The number of hydrogen-bond donors (Lipinski definition) is 1. The number of hydrogen-bond acceptors (Lipinski definition) is 2. The highest BCUT2D eigenvalue weighted by molar-refractivity contribution is 5.61. The minimum Gasteiger partial charge on any atom is -0.389 e. The maximum atomic E-state index is 11.5. The Morgan fingerprint density at radius 3 is 1.94 bits per heavy atom. The molecule has 0 bridgehead atoms. The first kappa shape index (κ1) is 15.6. The highest BCUT2D eigenvalue weighted by Crippen LogP contribution is 2.43. The predicted octanol–water partition coefficient (Wildman–Crippen LogP) is 3.71. The van der Waals surface area contributed by atoms with Crippen LogP contribution in [0.4, 0.5) is 0 Å². The second-order valence-corrected chi connectivity index (χ2v) is 4.87. The van der Waals surface area contributed by atoms with Crippen molar-refractivity contribution < 1.29 is 9.90 Å². The quantitative estimate of drug-likeness (QED) is 0.611. The molecule has 2 heteroatoms. The lowest BCUT2D eigenvalue weighted by atomic mass is 9.65. The Bertz CT molecular complexity index is 203. The van der Waals surface area contributed by atoms with E-state index in [2.05, 4.69) is 13.8 Å². The average molecular weight is 228 g/mol. The third-order valence-electron chi connectivity index (χ3n) is 4.01. The van der Waals surface area contributed by atoms with Gasteiger partial charge in [0.1, 0.15) is 6.29 Å². The molecule has 0 aromatic rings. The van der Waals surface area contributed by atoms with Gasteiger partial charge in [-0.2, -0.15) is 0 Å². The number of carbonyl (C=O) groups is 1. The number of aliphatic hydroxyl groups is 1. The molecular formula is C14H28O2. The van der Waals surface area contributed by atoms with Crippen molar-refractivity contribution in [3.63, 3.8) is 0 Å². The first-order valence-corrected chi connectivity index (χ1v) is 6.74. The fraction of sp³-hybridized carbons (Fsp3) is 0.929. The van der Waals surface area contributed by atoms with Crippen molar-refractivity contribution in [2.24, 2.45) is 5.41 Å². The van der Waals surface area contributed by atoms with Crippen LogP contribution in [0, 0.1) is 5.41 Å². The van der Waals surface area contributed by atoms with Gasteiger partial charge in [-0.1, -0.05) is 47.0 Å². The summed E-state index contributed by atoms with van der Waals surface area (Å²) < 4.78 is 0. The molecule has 0 aliphatic rings. The molecule has 96 valence electrons. The van der Waals surface area contributed by atoms with E-state index in [9.17, 15) is 9.90 Å². The number of unbranched alkanes of at least 4 members (excludes halogenated alkanes) is 1. The van der Waals surface area contributed by atoms with Gasteiger partial charge < -0.3 is 9.90 Å². The van der Waals surface area contributed by atoms with E-state index in [-0.39, 0.29) is 0 Å². The Balaban J connectivity index is 5.02. The zero-order valence-corrected chi connectivity index (χ0v) is 11.4. The van der Waals surface area contributed by atoms with Crippen molar-refractivity contribution in [2.75, 3.05) is 0 Å². The van der Waals surface area contributed by atoms with Gasteiger partial charge in [-0.15, -0.1) is 0 Å². The Morgan fingerprint density at radius 1 is 1.00 bits per heavy atom. The number of rotatable bonds is 9. The zero-order valence-electron chi connectivity index (χ0n) is 11.4. The van der Waals surface area contributed by atoms with Crippen LogP contribution >= 0.6 is 0 Å². The third-order valence-corrected chi connectivity index (χ3v) is 4.01. The maximum absolute atomic E-state index is 11.5. The van der Waals surface area contributed by atoms with Gasteiger partial charge in [-0.3, -0.25) is 0 Å². The molecule has 2 unspecified atom stereocenters. The van der Waals surface area contributed by atoms with Gasteiger partial charge in [0.25, 0.3) is 0 Å². The van der Waals surface area contributed by atoms with Gasteiger partial charge in [0, 0.05) is 0 Å². The molecule has 0 aliphatic carbocycles. The van der Waals surface area contributed by atoms with Crippen LogP contribution in [0.2, 0.25) is 0 Å². The van der Waals surface area contributed by atoms with E-state index in [4.69, 9.17) is 0 Å². The Labute approximate surface area is 100 Å². The molecule has 2 atom stereocenters. The van der Waals surface area contributed by atoms with Crippen molar-refractivity contribution in [1.82, 2.24) is 0 Å². The van der Waals surface area contributed by atoms with E-state index in [1.807, 2.05) is 13.8 Å². The van der Waals surface area contributed by atoms with E-state index < -0.39 is 11.0 Å². The summed E-state index contributed by atoms with van der Waals surface area (Å²) in [6, 6.07) is 0. The summed E-state index contributed by atoms with van der Waals surface area (Å²) in [5.41, 5.74) is -1.35. The Kier molecular flexibility index (Phi) is 6.89. The van der Waals surface area contributed by atoms with Crippen LogP contribution in [0.15, 0.2) is 0 Å². The van der Waals surface area contributed by atoms with E-state index in [1.54, 1.807) is 0 Å². The van der Waals surface area contributed by atoms with E-state index in [0.29, 0.717) is 6.42 Å². The number of aldehydes is 1. The molecule has 0 aromatic carbocycles. The summed E-state index contributed by atoms with van der Waals surface area (Å²) in [6.07, 6.45) is 6.96. The molecule has 0 saturated heterocycles. The fourth-order valence-electron chi connectivity index (χ4n) is 2.67. The number of carbonyl (C=O) groups excluding carboxylic acids is 1. The summed E-state index contributed by atoms with van der Waals surface area (Å²) in [5.74, 6) is 0. The van der Waals surface area contributed by atoms with Gasteiger partial charge in [-0.25, -0.2) is 0 Å². The van der Waals surface area contributed by atoms with Crippen LogP contribution in [0.5, 0.6) is 0 Å². The first-order chi connectivity index (χ1) is 7.55. The minimum atomic E-state index is -0.812. The van der Waals surface area contributed by atoms with Crippen molar-refractivity contribution in [2.45, 2.75) is 78.2 Å². The summed E-state index contributed by atoms with van der Waals surface area (Å²) >= 11 is 0.